The molecule has 0 saturated heterocycles. The monoisotopic (exact) mass is 628 g/mol. The first-order valence-corrected chi connectivity index (χ1v) is 15.2. The van der Waals surface area contributed by atoms with E-state index in [1.807, 2.05) is 44.2 Å². The van der Waals surface area contributed by atoms with Crippen molar-refractivity contribution in [2.24, 2.45) is 5.73 Å². The minimum atomic E-state index is -1.27. The molecule has 5 N–H and O–H groups in total. The van der Waals surface area contributed by atoms with Gasteiger partial charge in [-0.25, -0.2) is 8.78 Å². The van der Waals surface area contributed by atoms with Crippen LogP contribution in [0.2, 0.25) is 5.02 Å². The standard InChI is InChI=1S/C34H39ClF2N2O5/c1-19-26-25(44-34(19,20-8-6-5-7-9-20)17-39-21-12-14-33(4,42)15-13-21)16-23(36)29(35)28(26)27-22(31(38)40)10-11-24(30(27)37)43-18-32(2,3)41/h5-11,16,19,21,39,41-42H,12-15,17-18H2,1-4H3,(H2,38,40)/t19-,21-,33-,34-/m0/s1. The van der Waals surface area contributed by atoms with E-state index < -0.39 is 40.3 Å². The Morgan fingerprint density at radius 3 is 2.43 bits per heavy atom. The number of nitrogens with two attached hydrogens (primary N) is 1. The maximum absolute atomic E-state index is 16.4. The molecule has 1 saturated carbocycles. The van der Waals surface area contributed by atoms with Gasteiger partial charge in [0.1, 0.15) is 18.2 Å². The van der Waals surface area contributed by atoms with Crippen LogP contribution in [0.3, 0.4) is 0 Å². The van der Waals surface area contributed by atoms with Crippen molar-refractivity contribution in [3.8, 4) is 22.6 Å². The van der Waals surface area contributed by atoms with Gasteiger partial charge in [-0.2, -0.15) is 0 Å². The van der Waals surface area contributed by atoms with Gasteiger partial charge >= 0.3 is 0 Å². The Kier molecular flexibility index (Phi) is 8.72. The molecule has 3 aromatic rings. The van der Waals surface area contributed by atoms with Crippen LogP contribution in [0.4, 0.5) is 8.78 Å². The van der Waals surface area contributed by atoms with Crippen molar-refractivity contribution in [3.63, 3.8) is 0 Å². The van der Waals surface area contributed by atoms with Crippen molar-refractivity contribution in [2.45, 2.75) is 82.1 Å². The number of fused-ring (bicyclic) bond motifs is 1. The highest BCUT2D eigenvalue weighted by Crippen LogP contribution is 2.56. The fourth-order valence-corrected chi connectivity index (χ4v) is 6.58. The van der Waals surface area contributed by atoms with E-state index in [1.165, 1.54) is 32.0 Å². The van der Waals surface area contributed by atoms with Crippen molar-refractivity contribution in [3.05, 3.63) is 81.9 Å². The molecule has 0 bridgehead atoms. The van der Waals surface area contributed by atoms with Gasteiger partial charge < -0.3 is 30.7 Å². The Morgan fingerprint density at radius 2 is 1.82 bits per heavy atom. The van der Waals surface area contributed by atoms with Crippen molar-refractivity contribution in [1.82, 2.24) is 5.32 Å². The lowest BCUT2D eigenvalue weighted by atomic mass is 9.77. The number of ether oxygens (including phenoxy) is 2. The Labute approximate surface area is 261 Å². The predicted octanol–water partition coefficient (Wildman–Crippen LogP) is 6.21. The lowest BCUT2D eigenvalue weighted by Gasteiger charge is -2.38. The lowest BCUT2D eigenvalue weighted by Crippen LogP contribution is -2.49. The maximum Gasteiger partial charge on any atom is 0.249 e. The van der Waals surface area contributed by atoms with Gasteiger partial charge in [-0.05, 0) is 64.2 Å². The summed E-state index contributed by atoms with van der Waals surface area (Å²) in [5.74, 6) is -3.33. The van der Waals surface area contributed by atoms with Gasteiger partial charge in [0.25, 0.3) is 0 Å². The molecule has 7 nitrogen and oxygen atoms in total. The van der Waals surface area contributed by atoms with Gasteiger partial charge in [-0.15, -0.1) is 0 Å². The summed E-state index contributed by atoms with van der Waals surface area (Å²) in [6.07, 6.45) is 2.86. The van der Waals surface area contributed by atoms with E-state index in [-0.39, 0.29) is 45.9 Å². The summed E-state index contributed by atoms with van der Waals surface area (Å²) in [5.41, 5.74) is 3.38. The van der Waals surface area contributed by atoms with Gasteiger partial charge in [-0.3, -0.25) is 4.79 Å². The van der Waals surface area contributed by atoms with Crippen molar-refractivity contribution in [2.75, 3.05) is 13.2 Å². The molecule has 0 radical (unpaired) electrons. The molecule has 5 rings (SSSR count). The number of primary amides is 1. The van der Waals surface area contributed by atoms with Gasteiger partial charge in [0.15, 0.2) is 17.2 Å². The first kappa shape index (κ1) is 32.2. The smallest absolute Gasteiger partial charge is 0.249 e. The summed E-state index contributed by atoms with van der Waals surface area (Å²) >= 11 is 6.62. The molecule has 0 unspecified atom stereocenters. The molecule has 1 aliphatic heterocycles. The number of aliphatic hydroxyl groups is 2. The number of hydrogen-bond acceptors (Lipinski definition) is 6. The van der Waals surface area contributed by atoms with Crippen LogP contribution in [-0.2, 0) is 5.60 Å². The molecular weight excluding hydrogens is 590 g/mol. The van der Waals surface area contributed by atoms with Crippen LogP contribution >= 0.6 is 11.6 Å². The molecule has 3 aromatic carbocycles. The van der Waals surface area contributed by atoms with Crippen LogP contribution in [0.25, 0.3) is 11.1 Å². The highest BCUT2D eigenvalue weighted by molar-refractivity contribution is 6.34. The zero-order chi connectivity index (χ0) is 32.0. The fourth-order valence-electron chi connectivity index (χ4n) is 6.33. The van der Waals surface area contributed by atoms with E-state index in [1.54, 1.807) is 0 Å². The zero-order valence-electron chi connectivity index (χ0n) is 25.3. The van der Waals surface area contributed by atoms with Gasteiger partial charge in [0.2, 0.25) is 5.91 Å². The molecule has 1 amide bonds. The second kappa shape index (κ2) is 11.9. The third kappa shape index (κ3) is 6.15. The molecule has 10 heteroatoms. The minimum absolute atomic E-state index is 0.0410. The van der Waals surface area contributed by atoms with E-state index in [2.05, 4.69) is 5.32 Å². The number of halogens is 3. The highest BCUT2D eigenvalue weighted by atomic mass is 35.5. The number of rotatable bonds is 9. The topological polar surface area (TPSA) is 114 Å². The quantitative estimate of drug-likeness (QED) is 0.224. The third-order valence-corrected chi connectivity index (χ3v) is 9.20. The van der Waals surface area contributed by atoms with E-state index in [0.717, 1.165) is 18.4 Å². The highest BCUT2D eigenvalue weighted by Gasteiger charge is 2.50. The Morgan fingerprint density at radius 1 is 1.16 bits per heavy atom. The van der Waals surface area contributed by atoms with Crippen LogP contribution in [0.1, 0.15) is 80.8 Å². The van der Waals surface area contributed by atoms with E-state index in [4.69, 9.17) is 26.8 Å². The summed E-state index contributed by atoms with van der Waals surface area (Å²) < 4.78 is 44.2. The van der Waals surface area contributed by atoms with Gasteiger partial charge in [-0.1, -0.05) is 48.9 Å². The van der Waals surface area contributed by atoms with E-state index >= 15 is 8.78 Å². The van der Waals surface area contributed by atoms with Crippen molar-refractivity contribution < 1.29 is 33.3 Å². The number of carbonyl (C=O) groups is 1. The summed E-state index contributed by atoms with van der Waals surface area (Å²) in [6.45, 7) is 6.85. The average Bonchev–Trinajstić information content (AvgIpc) is 3.24. The number of benzene rings is 3. The lowest BCUT2D eigenvalue weighted by molar-refractivity contribution is 0.00889. The van der Waals surface area contributed by atoms with Crippen LogP contribution in [0.15, 0.2) is 48.5 Å². The second-order valence-corrected chi connectivity index (χ2v) is 13.3. The van der Waals surface area contributed by atoms with Crippen molar-refractivity contribution >= 4 is 17.5 Å². The Balaban J connectivity index is 1.64. The molecule has 44 heavy (non-hydrogen) atoms. The van der Waals surface area contributed by atoms with E-state index in [9.17, 15) is 15.0 Å². The second-order valence-electron chi connectivity index (χ2n) is 13.0. The van der Waals surface area contributed by atoms with Crippen LogP contribution in [0, 0.1) is 11.6 Å². The maximum atomic E-state index is 16.4. The van der Waals surface area contributed by atoms with Crippen LogP contribution in [0.5, 0.6) is 11.5 Å². The fraction of sp³-hybridized carbons (Fsp3) is 0.441. The third-order valence-electron chi connectivity index (χ3n) is 8.83. The van der Waals surface area contributed by atoms with Gasteiger partial charge in [0, 0.05) is 41.3 Å². The average molecular weight is 629 g/mol. The van der Waals surface area contributed by atoms with Crippen LogP contribution < -0.4 is 20.5 Å². The summed E-state index contributed by atoms with van der Waals surface area (Å²) in [4.78, 5) is 12.6. The van der Waals surface area contributed by atoms with Crippen molar-refractivity contribution in [1.29, 1.82) is 0 Å². The molecule has 1 heterocycles. The first-order valence-electron chi connectivity index (χ1n) is 14.8. The number of nitrogens with one attached hydrogen (secondary N) is 1. The molecule has 2 aliphatic rings. The number of carbonyl (C=O) groups excluding carboxylic acids is 1. The molecule has 1 fully saturated rings. The summed E-state index contributed by atoms with van der Waals surface area (Å²) in [6, 6.07) is 13.4. The van der Waals surface area contributed by atoms with E-state index in [0.29, 0.717) is 24.9 Å². The zero-order valence-corrected chi connectivity index (χ0v) is 26.1. The molecular formula is C34H39ClF2N2O5. The SMILES string of the molecule is C[C@H]1c2c(cc(F)c(Cl)c2-c2c(C(N)=O)ccc(OCC(C)(C)O)c2F)O[C@]1(CN[C@H]1CC[C@](C)(O)CC1)c1ccccc1. The van der Waals surface area contributed by atoms with Gasteiger partial charge in [0.05, 0.1) is 21.8 Å². The number of amides is 1. The molecule has 236 valence electrons. The molecule has 0 spiro atoms. The molecule has 1 aliphatic carbocycles. The number of hydrogen-bond donors (Lipinski definition) is 4. The molecule has 0 aromatic heterocycles. The largest absolute Gasteiger partial charge is 0.488 e. The normalized spacial score (nSPS) is 24.9. The minimum Gasteiger partial charge on any atom is -0.488 e. The summed E-state index contributed by atoms with van der Waals surface area (Å²) in [7, 11) is 0. The molecule has 2 atom stereocenters. The first-order chi connectivity index (χ1) is 20.6. The predicted molar refractivity (Wildman–Crippen MR) is 165 cm³/mol. The Bertz CT molecular complexity index is 1550. The van der Waals surface area contributed by atoms with Crippen LogP contribution in [-0.4, -0.2) is 46.5 Å². The summed E-state index contributed by atoms with van der Waals surface area (Å²) in [5, 5.41) is 23.8. The Hall–Kier alpha value is -3.24.